The minimum absolute atomic E-state index is 0.0136. The van der Waals surface area contributed by atoms with Gasteiger partial charge in [0.05, 0.1) is 12.5 Å². The van der Waals surface area contributed by atoms with Crippen LogP contribution < -0.4 is 11.1 Å². The van der Waals surface area contributed by atoms with E-state index in [2.05, 4.69) is 10.5 Å². The van der Waals surface area contributed by atoms with E-state index in [0.29, 0.717) is 24.5 Å². The summed E-state index contributed by atoms with van der Waals surface area (Å²) in [6, 6.07) is 5.24. The number of ether oxygens (including phenoxy) is 1. The molecular formula is C13H17N3O3. The van der Waals surface area contributed by atoms with Crippen molar-refractivity contribution in [3.05, 3.63) is 29.3 Å². The summed E-state index contributed by atoms with van der Waals surface area (Å²) < 4.78 is 5.19. The Morgan fingerprint density at radius 2 is 2.37 bits per heavy atom. The van der Waals surface area contributed by atoms with Crippen LogP contribution in [0.15, 0.2) is 23.4 Å². The summed E-state index contributed by atoms with van der Waals surface area (Å²) >= 11 is 0. The first kappa shape index (κ1) is 13.4. The number of benzene rings is 1. The van der Waals surface area contributed by atoms with Crippen molar-refractivity contribution in [1.82, 2.24) is 0 Å². The molecule has 1 aliphatic heterocycles. The van der Waals surface area contributed by atoms with E-state index in [1.165, 1.54) is 0 Å². The Kier molecular flexibility index (Phi) is 4.01. The topological polar surface area (TPSA) is 96.9 Å². The average Bonchev–Trinajstić information content (AvgIpc) is 2.94. The van der Waals surface area contributed by atoms with Crippen LogP contribution in [-0.2, 0) is 9.53 Å². The monoisotopic (exact) mass is 263 g/mol. The van der Waals surface area contributed by atoms with Gasteiger partial charge in [-0.2, -0.15) is 0 Å². The van der Waals surface area contributed by atoms with Gasteiger partial charge in [0.25, 0.3) is 0 Å². The molecule has 0 spiro atoms. The highest BCUT2D eigenvalue weighted by Gasteiger charge is 2.23. The maximum atomic E-state index is 12.0. The molecule has 0 aliphatic carbocycles. The molecule has 1 fully saturated rings. The fourth-order valence-corrected chi connectivity index (χ4v) is 1.95. The SMILES string of the molecule is Cc1ccc(C(N)=NO)cc1NC(=O)C1CCOC1. The molecule has 0 bridgehead atoms. The van der Waals surface area contributed by atoms with E-state index >= 15 is 0 Å². The second-order valence-electron chi connectivity index (χ2n) is 4.56. The summed E-state index contributed by atoms with van der Waals surface area (Å²) in [5, 5.41) is 14.5. The lowest BCUT2D eigenvalue weighted by molar-refractivity contribution is -0.119. The fourth-order valence-electron chi connectivity index (χ4n) is 1.95. The summed E-state index contributed by atoms with van der Waals surface area (Å²) in [5.41, 5.74) is 7.68. The molecule has 0 aromatic heterocycles. The highest BCUT2D eigenvalue weighted by Crippen LogP contribution is 2.20. The Bertz CT molecular complexity index is 508. The predicted molar refractivity (Wildman–Crippen MR) is 71.2 cm³/mol. The van der Waals surface area contributed by atoms with Gasteiger partial charge in [-0.15, -0.1) is 0 Å². The Labute approximate surface area is 111 Å². The minimum atomic E-state index is -0.105. The zero-order valence-corrected chi connectivity index (χ0v) is 10.7. The second-order valence-corrected chi connectivity index (χ2v) is 4.56. The van der Waals surface area contributed by atoms with Crippen LogP contribution in [0.4, 0.5) is 5.69 Å². The van der Waals surface area contributed by atoms with Crippen molar-refractivity contribution in [3.8, 4) is 0 Å². The van der Waals surface area contributed by atoms with Crippen LogP contribution in [0.25, 0.3) is 0 Å². The van der Waals surface area contributed by atoms with Crippen molar-refractivity contribution < 1.29 is 14.7 Å². The van der Waals surface area contributed by atoms with E-state index in [1.54, 1.807) is 12.1 Å². The number of hydrogen-bond acceptors (Lipinski definition) is 4. The summed E-state index contributed by atoms with van der Waals surface area (Å²) in [5.74, 6) is -0.149. The molecule has 1 atom stereocenters. The first-order chi connectivity index (χ1) is 9.11. The van der Waals surface area contributed by atoms with Crippen molar-refractivity contribution in [2.75, 3.05) is 18.5 Å². The van der Waals surface area contributed by atoms with Crippen molar-refractivity contribution >= 4 is 17.4 Å². The van der Waals surface area contributed by atoms with Crippen LogP contribution in [-0.4, -0.2) is 30.2 Å². The molecule has 0 radical (unpaired) electrons. The number of amides is 1. The fraction of sp³-hybridized carbons (Fsp3) is 0.385. The van der Waals surface area contributed by atoms with Gasteiger partial charge in [-0.05, 0) is 25.0 Å². The van der Waals surface area contributed by atoms with Gasteiger partial charge in [0.2, 0.25) is 5.91 Å². The number of carbonyl (C=O) groups is 1. The molecule has 102 valence electrons. The van der Waals surface area contributed by atoms with Gasteiger partial charge in [-0.1, -0.05) is 17.3 Å². The van der Waals surface area contributed by atoms with E-state index in [0.717, 1.165) is 12.0 Å². The lowest BCUT2D eigenvalue weighted by Crippen LogP contribution is -2.23. The molecule has 1 heterocycles. The third kappa shape index (κ3) is 3.03. The van der Waals surface area contributed by atoms with Crippen LogP contribution in [0, 0.1) is 12.8 Å². The number of aryl methyl sites for hydroxylation is 1. The van der Waals surface area contributed by atoms with E-state index in [4.69, 9.17) is 15.7 Å². The molecular weight excluding hydrogens is 246 g/mol. The number of carbonyl (C=O) groups excluding carboxylic acids is 1. The molecule has 1 unspecified atom stereocenters. The van der Waals surface area contributed by atoms with E-state index in [9.17, 15) is 4.79 Å². The molecule has 2 rings (SSSR count). The molecule has 1 saturated heterocycles. The third-order valence-electron chi connectivity index (χ3n) is 3.20. The van der Waals surface area contributed by atoms with Gasteiger partial charge in [-0.25, -0.2) is 0 Å². The highest BCUT2D eigenvalue weighted by atomic mass is 16.5. The van der Waals surface area contributed by atoms with Crippen LogP contribution in [0.5, 0.6) is 0 Å². The van der Waals surface area contributed by atoms with E-state index in [-0.39, 0.29) is 17.7 Å². The number of nitrogens with zero attached hydrogens (tertiary/aromatic N) is 1. The van der Waals surface area contributed by atoms with Crippen LogP contribution >= 0.6 is 0 Å². The van der Waals surface area contributed by atoms with Gasteiger partial charge in [0.15, 0.2) is 5.84 Å². The van der Waals surface area contributed by atoms with Crippen molar-refractivity contribution in [1.29, 1.82) is 0 Å². The Morgan fingerprint density at radius 3 is 3.00 bits per heavy atom. The molecule has 0 saturated carbocycles. The number of oxime groups is 1. The Balaban J connectivity index is 2.16. The van der Waals surface area contributed by atoms with Gasteiger partial charge < -0.3 is 21.0 Å². The highest BCUT2D eigenvalue weighted by molar-refractivity contribution is 6.00. The molecule has 1 aromatic carbocycles. The first-order valence-corrected chi connectivity index (χ1v) is 6.09. The molecule has 4 N–H and O–H groups in total. The van der Waals surface area contributed by atoms with Crippen molar-refractivity contribution in [2.24, 2.45) is 16.8 Å². The number of hydrogen-bond donors (Lipinski definition) is 3. The maximum Gasteiger partial charge on any atom is 0.229 e. The molecule has 1 aliphatic rings. The van der Waals surface area contributed by atoms with Crippen LogP contribution in [0.1, 0.15) is 17.5 Å². The summed E-state index contributed by atoms with van der Waals surface area (Å²) in [6.07, 6.45) is 0.741. The predicted octanol–water partition coefficient (Wildman–Crippen LogP) is 1.06. The number of rotatable bonds is 3. The smallest absolute Gasteiger partial charge is 0.229 e. The first-order valence-electron chi connectivity index (χ1n) is 6.09. The molecule has 6 nitrogen and oxygen atoms in total. The van der Waals surface area contributed by atoms with Crippen LogP contribution in [0.3, 0.4) is 0 Å². The number of nitrogens with one attached hydrogen (secondary N) is 1. The maximum absolute atomic E-state index is 12.0. The van der Waals surface area contributed by atoms with Gasteiger partial charge in [0, 0.05) is 17.9 Å². The summed E-state index contributed by atoms with van der Waals surface area (Å²) in [4.78, 5) is 12.0. The van der Waals surface area contributed by atoms with Crippen LogP contribution in [0.2, 0.25) is 0 Å². The van der Waals surface area contributed by atoms with Crippen molar-refractivity contribution in [3.63, 3.8) is 0 Å². The summed E-state index contributed by atoms with van der Waals surface area (Å²) in [6.45, 7) is 2.98. The lowest BCUT2D eigenvalue weighted by Gasteiger charge is -2.12. The molecule has 6 heteroatoms. The molecule has 1 aromatic rings. The lowest BCUT2D eigenvalue weighted by atomic mass is 10.1. The second kappa shape index (κ2) is 5.71. The molecule has 19 heavy (non-hydrogen) atoms. The number of anilines is 1. The van der Waals surface area contributed by atoms with Gasteiger partial charge in [0.1, 0.15) is 0 Å². The zero-order valence-electron chi connectivity index (χ0n) is 10.7. The normalized spacial score (nSPS) is 19.4. The van der Waals surface area contributed by atoms with Gasteiger partial charge in [-0.3, -0.25) is 4.79 Å². The van der Waals surface area contributed by atoms with E-state index in [1.807, 2.05) is 13.0 Å². The number of nitrogens with two attached hydrogens (primary N) is 1. The Morgan fingerprint density at radius 1 is 1.58 bits per heavy atom. The third-order valence-corrected chi connectivity index (χ3v) is 3.20. The minimum Gasteiger partial charge on any atom is -0.409 e. The quantitative estimate of drug-likeness (QED) is 0.329. The average molecular weight is 263 g/mol. The zero-order chi connectivity index (χ0) is 13.8. The Hall–Kier alpha value is -2.08. The van der Waals surface area contributed by atoms with E-state index < -0.39 is 0 Å². The van der Waals surface area contributed by atoms with Gasteiger partial charge >= 0.3 is 0 Å². The molecule has 1 amide bonds. The number of amidine groups is 1. The largest absolute Gasteiger partial charge is 0.409 e. The summed E-state index contributed by atoms with van der Waals surface area (Å²) in [7, 11) is 0. The van der Waals surface area contributed by atoms with Crippen molar-refractivity contribution in [2.45, 2.75) is 13.3 Å². The standard InChI is InChI=1S/C13H17N3O3/c1-8-2-3-9(12(14)16-18)6-11(8)15-13(17)10-4-5-19-7-10/h2-3,6,10,18H,4-5,7H2,1H3,(H2,14,16)(H,15,17).